The molecule has 0 radical (unpaired) electrons. The molecule has 66 heavy (non-hydrogen) atoms. The van der Waals surface area contributed by atoms with Gasteiger partial charge in [-0.3, -0.25) is 19.2 Å². The van der Waals surface area contributed by atoms with Crippen molar-refractivity contribution in [1.29, 1.82) is 0 Å². The normalized spacial score (nSPS) is 21.8. The van der Waals surface area contributed by atoms with Crippen LogP contribution in [0.2, 0.25) is 0 Å². The standard InChI is InChI=1S/C55H101N3O8/c1-8-56-36-38-58(39-37-56)33-13-32-57(34-30-52(59)63-40-42-65-54(61)50-26-22-48(23-27-50)20-11-18-46(6)16-9-14-44(2)3)35-31-53(60)64-41-43-66-55(62)51-28-24-49(25-29-51)21-12-19-47(7)17-10-15-45(4)5/h44-51H,8-43H2,1-7H3. The lowest BCUT2D eigenvalue weighted by atomic mass is 9.79. The van der Waals surface area contributed by atoms with Crippen molar-refractivity contribution in [2.24, 2.45) is 47.3 Å². The largest absolute Gasteiger partial charge is 0.462 e. The number of hydrogen-bond acceptors (Lipinski definition) is 11. The molecule has 1 aliphatic heterocycles. The van der Waals surface area contributed by atoms with Crippen LogP contribution in [0.15, 0.2) is 0 Å². The monoisotopic (exact) mass is 932 g/mol. The molecule has 11 heteroatoms. The summed E-state index contributed by atoms with van der Waals surface area (Å²) in [6, 6.07) is 0. The van der Waals surface area contributed by atoms with Crippen LogP contribution in [-0.2, 0) is 38.1 Å². The van der Waals surface area contributed by atoms with E-state index in [2.05, 4.69) is 63.2 Å². The van der Waals surface area contributed by atoms with Crippen molar-refractivity contribution in [3.05, 3.63) is 0 Å². The van der Waals surface area contributed by atoms with Gasteiger partial charge in [0.15, 0.2) is 0 Å². The number of piperazine rings is 1. The Balaban J connectivity index is 1.27. The fraction of sp³-hybridized carbons (Fsp3) is 0.927. The zero-order valence-electron chi connectivity index (χ0n) is 43.7. The number of carbonyl (C=O) groups excluding carboxylic acids is 4. The number of ether oxygens (including phenoxy) is 4. The molecule has 1 heterocycles. The zero-order chi connectivity index (χ0) is 47.9. The number of esters is 4. The summed E-state index contributed by atoms with van der Waals surface area (Å²) in [6.07, 6.45) is 25.0. The molecule has 2 unspecified atom stereocenters. The van der Waals surface area contributed by atoms with E-state index in [-0.39, 0.29) is 75.0 Å². The fourth-order valence-electron chi connectivity index (χ4n) is 10.6. The molecule has 2 saturated carbocycles. The average molecular weight is 932 g/mol. The minimum atomic E-state index is -0.336. The minimum absolute atomic E-state index is 0.0505. The van der Waals surface area contributed by atoms with Crippen LogP contribution in [0.25, 0.3) is 0 Å². The second-order valence-electron chi connectivity index (χ2n) is 21.9. The van der Waals surface area contributed by atoms with Crippen LogP contribution in [-0.4, -0.2) is 124 Å². The SMILES string of the molecule is CCN1CCN(CCCN(CCC(=O)OCCOC(=O)C2CCC(CCCC(C)CCCC(C)C)CC2)CCC(=O)OCCOC(=O)C2CCC(CCCC(C)CCCC(C)C)CC2)CC1. The second kappa shape index (κ2) is 35.0. The molecule has 0 N–H and O–H groups in total. The first-order chi connectivity index (χ1) is 31.8. The van der Waals surface area contributed by atoms with E-state index in [0.29, 0.717) is 24.9 Å². The number of carbonyl (C=O) groups is 4. The van der Waals surface area contributed by atoms with Gasteiger partial charge in [-0.1, -0.05) is 126 Å². The van der Waals surface area contributed by atoms with E-state index in [4.69, 9.17) is 18.9 Å². The Bertz CT molecular complexity index is 1210. The van der Waals surface area contributed by atoms with Crippen LogP contribution in [0.1, 0.15) is 196 Å². The summed E-state index contributed by atoms with van der Waals surface area (Å²) in [5.41, 5.74) is 0. The zero-order valence-corrected chi connectivity index (χ0v) is 43.7. The van der Waals surface area contributed by atoms with Crippen LogP contribution in [0.5, 0.6) is 0 Å². The number of nitrogens with zero attached hydrogens (tertiary/aromatic N) is 3. The minimum Gasteiger partial charge on any atom is -0.462 e. The maximum absolute atomic E-state index is 12.8. The average Bonchev–Trinajstić information content (AvgIpc) is 3.30. The number of rotatable bonds is 35. The lowest BCUT2D eigenvalue weighted by molar-refractivity contribution is -0.156. The van der Waals surface area contributed by atoms with Gasteiger partial charge in [0.1, 0.15) is 26.4 Å². The molecular weight excluding hydrogens is 831 g/mol. The molecular formula is C55H101N3O8. The third kappa shape index (κ3) is 27.1. The third-order valence-electron chi connectivity index (χ3n) is 15.2. The summed E-state index contributed by atoms with van der Waals surface area (Å²) in [5, 5.41) is 0. The molecule has 0 aromatic rings. The van der Waals surface area contributed by atoms with Gasteiger partial charge >= 0.3 is 23.9 Å². The Morgan fingerprint density at radius 1 is 0.485 bits per heavy atom. The smallest absolute Gasteiger partial charge is 0.309 e. The van der Waals surface area contributed by atoms with Gasteiger partial charge < -0.3 is 33.6 Å². The highest BCUT2D eigenvalue weighted by atomic mass is 16.6. The fourth-order valence-corrected chi connectivity index (χ4v) is 10.6. The predicted octanol–water partition coefficient (Wildman–Crippen LogP) is 11.1. The summed E-state index contributed by atoms with van der Waals surface area (Å²) in [7, 11) is 0. The molecule has 0 aromatic heterocycles. The molecule has 0 bridgehead atoms. The van der Waals surface area contributed by atoms with Crippen LogP contribution in [0, 0.1) is 47.3 Å². The van der Waals surface area contributed by atoms with Gasteiger partial charge in [-0.2, -0.15) is 0 Å². The molecule has 3 aliphatic rings. The lowest BCUT2D eigenvalue weighted by Gasteiger charge is -2.34. The van der Waals surface area contributed by atoms with Crippen molar-refractivity contribution in [2.75, 3.05) is 85.3 Å². The first-order valence-corrected chi connectivity index (χ1v) is 27.6. The van der Waals surface area contributed by atoms with E-state index >= 15 is 0 Å². The molecule has 2 atom stereocenters. The van der Waals surface area contributed by atoms with Crippen molar-refractivity contribution in [3.8, 4) is 0 Å². The summed E-state index contributed by atoms with van der Waals surface area (Å²) >= 11 is 0. The summed E-state index contributed by atoms with van der Waals surface area (Å²) in [5.74, 6) is 3.53. The molecule has 11 nitrogen and oxygen atoms in total. The van der Waals surface area contributed by atoms with Gasteiger partial charge in [0.05, 0.1) is 24.7 Å². The number of hydrogen-bond donors (Lipinski definition) is 0. The van der Waals surface area contributed by atoms with E-state index in [9.17, 15) is 19.2 Å². The van der Waals surface area contributed by atoms with Crippen molar-refractivity contribution in [2.45, 2.75) is 196 Å². The highest BCUT2D eigenvalue weighted by Gasteiger charge is 2.29. The van der Waals surface area contributed by atoms with Crippen molar-refractivity contribution < 1.29 is 38.1 Å². The van der Waals surface area contributed by atoms with Crippen molar-refractivity contribution >= 4 is 23.9 Å². The van der Waals surface area contributed by atoms with E-state index in [1.165, 1.54) is 77.0 Å². The molecule has 2 aliphatic carbocycles. The Morgan fingerprint density at radius 3 is 1.29 bits per heavy atom. The van der Waals surface area contributed by atoms with E-state index < -0.39 is 0 Å². The number of likely N-dealkylation sites (N-methyl/N-ethyl adjacent to an activating group) is 1. The second-order valence-corrected chi connectivity index (χ2v) is 21.9. The van der Waals surface area contributed by atoms with Crippen LogP contribution >= 0.6 is 0 Å². The van der Waals surface area contributed by atoms with E-state index in [1.807, 2.05) is 0 Å². The van der Waals surface area contributed by atoms with Gasteiger partial charge in [0, 0.05) is 39.3 Å². The molecule has 0 spiro atoms. The molecule has 1 saturated heterocycles. The lowest BCUT2D eigenvalue weighted by Crippen LogP contribution is -2.46. The van der Waals surface area contributed by atoms with Gasteiger partial charge in [-0.05, 0) is 113 Å². The maximum atomic E-state index is 12.8. The topological polar surface area (TPSA) is 115 Å². The first kappa shape index (κ1) is 58.1. The summed E-state index contributed by atoms with van der Waals surface area (Å²) < 4.78 is 22.1. The van der Waals surface area contributed by atoms with Crippen LogP contribution in [0.4, 0.5) is 0 Å². The summed E-state index contributed by atoms with van der Waals surface area (Å²) in [6.45, 7) is 24.5. The Kier molecular flexibility index (Phi) is 30.8. The van der Waals surface area contributed by atoms with Gasteiger partial charge in [0.2, 0.25) is 0 Å². The molecule has 0 aromatic carbocycles. The highest BCUT2D eigenvalue weighted by Crippen LogP contribution is 2.34. The Hall–Kier alpha value is -2.24. The van der Waals surface area contributed by atoms with Crippen LogP contribution in [0.3, 0.4) is 0 Å². The van der Waals surface area contributed by atoms with Gasteiger partial charge in [0.25, 0.3) is 0 Å². The van der Waals surface area contributed by atoms with Crippen molar-refractivity contribution in [3.63, 3.8) is 0 Å². The highest BCUT2D eigenvalue weighted by molar-refractivity contribution is 5.73. The maximum Gasteiger partial charge on any atom is 0.309 e. The van der Waals surface area contributed by atoms with Crippen LogP contribution < -0.4 is 0 Å². The Morgan fingerprint density at radius 2 is 0.879 bits per heavy atom. The predicted molar refractivity (Wildman–Crippen MR) is 267 cm³/mol. The summed E-state index contributed by atoms with van der Waals surface area (Å²) in [4.78, 5) is 58.3. The quantitative estimate of drug-likeness (QED) is 0.0344. The van der Waals surface area contributed by atoms with Gasteiger partial charge in [-0.25, -0.2) is 0 Å². The van der Waals surface area contributed by atoms with Gasteiger partial charge in [-0.15, -0.1) is 0 Å². The first-order valence-electron chi connectivity index (χ1n) is 27.6. The van der Waals surface area contributed by atoms with E-state index in [0.717, 1.165) is 127 Å². The molecule has 0 amide bonds. The molecule has 3 fully saturated rings. The molecule has 384 valence electrons. The van der Waals surface area contributed by atoms with Crippen molar-refractivity contribution in [1.82, 2.24) is 14.7 Å². The molecule has 3 rings (SSSR count). The third-order valence-corrected chi connectivity index (χ3v) is 15.2. The Labute approximate surface area is 404 Å². The van der Waals surface area contributed by atoms with E-state index in [1.54, 1.807) is 0 Å².